The van der Waals surface area contributed by atoms with Crippen LogP contribution in [0.1, 0.15) is 107 Å². The molecule has 152 valence electrons. The minimum absolute atomic E-state index is 0.0237. The van der Waals surface area contributed by atoms with Crippen LogP contribution in [0.5, 0.6) is 11.5 Å². The fourth-order valence-corrected chi connectivity index (χ4v) is 4.83. The van der Waals surface area contributed by atoms with Crippen molar-refractivity contribution in [2.45, 2.75) is 89.9 Å². The third kappa shape index (κ3) is 3.79. The average molecular weight is 381 g/mol. The van der Waals surface area contributed by atoms with Gasteiger partial charge in [-0.25, -0.2) is 0 Å². The van der Waals surface area contributed by atoms with Crippen LogP contribution in [0, 0.1) is 0 Å². The van der Waals surface area contributed by atoms with Crippen LogP contribution in [0.25, 0.3) is 0 Å². The maximum atomic E-state index is 10.4. The van der Waals surface area contributed by atoms with E-state index in [4.69, 9.17) is 0 Å². The molecule has 0 heterocycles. The van der Waals surface area contributed by atoms with Crippen molar-refractivity contribution >= 4 is 0 Å². The Hall–Kier alpha value is -1.96. The largest absolute Gasteiger partial charge is 0.508 e. The topological polar surface area (TPSA) is 40.5 Å². The predicted octanol–water partition coefficient (Wildman–Crippen LogP) is 7.38. The second-order valence-electron chi connectivity index (χ2n) is 8.81. The normalized spacial score (nSPS) is 18.6. The summed E-state index contributed by atoms with van der Waals surface area (Å²) in [7, 11) is 0. The van der Waals surface area contributed by atoms with E-state index in [0.717, 1.165) is 36.8 Å². The van der Waals surface area contributed by atoms with Crippen LogP contribution in [0.3, 0.4) is 0 Å². The molecule has 2 aromatic rings. The molecule has 2 aromatic carbocycles. The van der Waals surface area contributed by atoms with Gasteiger partial charge >= 0.3 is 0 Å². The molecular formula is C26H36O2. The number of phenolic OH excluding ortho intramolecular Hbond substituents is 2. The van der Waals surface area contributed by atoms with E-state index >= 15 is 0 Å². The quantitative estimate of drug-likeness (QED) is 0.549. The first-order valence-corrected chi connectivity index (χ1v) is 11.1. The van der Waals surface area contributed by atoms with Crippen LogP contribution in [-0.2, 0) is 5.41 Å². The molecule has 1 saturated carbocycles. The van der Waals surface area contributed by atoms with Gasteiger partial charge in [0, 0.05) is 5.41 Å². The molecule has 0 aromatic heterocycles. The number of benzene rings is 2. The lowest BCUT2D eigenvalue weighted by atomic mass is 9.64. The summed E-state index contributed by atoms with van der Waals surface area (Å²) in [6.07, 6.45) is 8.01. The molecule has 0 bridgehead atoms. The standard InChI is InChI=1S/C26H36O2/c1-5-18(3)22-16-20(10-12-24(22)27)26(14-8-7-9-15-26)21-11-13-25(28)23(17-21)19(4)6-2/h10-13,16-19,27-28H,5-9,14-15H2,1-4H3. The Morgan fingerprint density at radius 2 is 1.18 bits per heavy atom. The molecule has 1 aliphatic rings. The van der Waals surface area contributed by atoms with Crippen LogP contribution in [0.15, 0.2) is 36.4 Å². The number of phenols is 2. The Labute approximate surface area is 170 Å². The van der Waals surface area contributed by atoms with Crippen molar-refractivity contribution in [3.05, 3.63) is 58.7 Å². The summed E-state index contributed by atoms with van der Waals surface area (Å²) >= 11 is 0. The second-order valence-corrected chi connectivity index (χ2v) is 8.81. The Morgan fingerprint density at radius 3 is 1.57 bits per heavy atom. The monoisotopic (exact) mass is 380 g/mol. The summed E-state index contributed by atoms with van der Waals surface area (Å²) in [6.45, 7) is 8.72. The second kappa shape index (κ2) is 8.59. The zero-order valence-corrected chi connectivity index (χ0v) is 18.0. The first-order valence-electron chi connectivity index (χ1n) is 11.1. The number of hydrogen-bond donors (Lipinski definition) is 2. The van der Waals surface area contributed by atoms with Crippen molar-refractivity contribution < 1.29 is 10.2 Å². The Morgan fingerprint density at radius 1 is 0.750 bits per heavy atom. The maximum Gasteiger partial charge on any atom is 0.119 e. The fourth-order valence-electron chi connectivity index (χ4n) is 4.83. The maximum absolute atomic E-state index is 10.4. The summed E-state index contributed by atoms with van der Waals surface area (Å²) in [5.74, 6) is 1.51. The summed E-state index contributed by atoms with van der Waals surface area (Å²) < 4.78 is 0. The average Bonchev–Trinajstić information content (AvgIpc) is 2.73. The molecule has 2 N–H and O–H groups in total. The molecule has 0 spiro atoms. The van der Waals surface area contributed by atoms with Gasteiger partial charge in [0.05, 0.1) is 0 Å². The van der Waals surface area contributed by atoms with E-state index in [2.05, 4.69) is 52.0 Å². The molecule has 2 nitrogen and oxygen atoms in total. The summed E-state index contributed by atoms with van der Waals surface area (Å²) in [4.78, 5) is 0. The van der Waals surface area contributed by atoms with Crippen LogP contribution in [-0.4, -0.2) is 10.2 Å². The molecule has 2 unspecified atom stereocenters. The lowest BCUT2D eigenvalue weighted by molar-refractivity contribution is 0.344. The third-order valence-electron chi connectivity index (χ3n) is 7.15. The van der Waals surface area contributed by atoms with Gasteiger partial charge in [0.2, 0.25) is 0 Å². The van der Waals surface area contributed by atoms with E-state index in [1.54, 1.807) is 0 Å². The molecule has 28 heavy (non-hydrogen) atoms. The van der Waals surface area contributed by atoms with Crippen molar-refractivity contribution in [2.75, 3.05) is 0 Å². The van der Waals surface area contributed by atoms with Crippen molar-refractivity contribution in [3.8, 4) is 11.5 Å². The van der Waals surface area contributed by atoms with Gasteiger partial charge in [-0.2, -0.15) is 0 Å². The van der Waals surface area contributed by atoms with E-state index in [1.165, 1.54) is 30.4 Å². The summed E-state index contributed by atoms with van der Waals surface area (Å²) in [5, 5.41) is 20.9. The highest BCUT2D eigenvalue weighted by Crippen LogP contribution is 2.47. The number of rotatable bonds is 6. The van der Waals surface area contributed by atoms with Crippen LogP contribution in [0.2, 0.25) is 0 Å². The third-order valence-corrected chi connectivity index (χ3v) is 7.15. The van der Waals surface area contributed by atoms with Crippen LogP contribution in [0.4, 0.5) is 0 Å². The van der Waals surface area contributed by atoms with Gasteiger partial charge in [0.25, 0.3) is 0 Å². The van der Waals surface area contributed by atoms with E-state index in [0.29, 0.717) is 23.3 Å². The van der Waals surface area contributed by atoms with Crippen LogP contribution >= 0.6 is 0 Å². The van der Waals surface area contributed by atoms with Crippen molar-refractivity contribution in [1.82, 2.24) is 0 Å². The molecule has 0 aliphatic heterocycles. The van der Waals surface area contributed by atoms with Gasteiger partial charge in [-0.15, -0.1) is 0 Å². The van der Waals surface area contributed by atoms with Gasteiger partial charge in [-0.05, 0) is 71.9 Å². The molecule has 2 heteroatoms. The first kappa shape index (κ1) is 20.8. The van der Waals surface area contributed by atoms with Crippen molar-refractivity contribution in [3.63, 3.8) is 0 Å². The lowest BCUT2D eigenvalue weighted by Crippen LogP contribution is -2.31. The van der Waals surface area contributed by atoms with E-state index in [-0.39, 0.29) is 5.41 Å². The first-order chi connectivity index (χ1) is 13.4. The molecular weight excluding hydrogens is 344 g/mol. The van der Waals surface area contributed by atoms with E-state index in [9.17, 15) is 10.2 Å². The molecule has 0 amide bonds. The smallest absolute Gasteiger partial charge is 0.119 e. The van der Waals surface area contributed by atoms with Crippen molar-refractivity contribution in [1.29, 1.82) is 0 Å². The molecule has 1 fully saturated rings. The number of aromatic hydroxyl groups is 2. The molecule has 3 rings (SSSR count). The minimum Gasteiger partial charge on any atom is -0.508 e. The zero-order chi connectivity index (χ0) is 20.3. The van der Waals surface area contributed by atoms with Gasteiger partial charge in [-0.1, -0.05) is 71.2 Å². The highest BCUT2D eigenvalue weighted by molar-refractivity contribution is 5.49. The molecule has 1 aliphatic carbocycles. The highest BCUT2D eigenvalue weighted by Gasteiger charge is 2.37. The SMILES string of the molecule is CCC(C)c1cc(C2(c3ccc(O)c(C(C)CC)c3)CCCCC2)ccc1O. The summed E-state index contributed by atoms with van der Waals surface area (Å²) in [5.41, 5.74) is 4.74. The van der Waals surface area contributed by atoms with Crippen molar-refractivity contribution in [2.24, 2.45) is 0 Å². The Balaban J connectivity index is 2.15. The lowest BCUT2D eigenvalue weighted by Gasteiger charge is -2.39. The number of hydrogen-bond acceptors (Lipinski definition) is 2. The fraction of sp³-hybridized carbons (Fsp3) is 0.538. The van der Waals surface area contributed by atoms with Gasteiger partial charge < -0.3 is 10.2 Å². The van der Waals surface area contributed by atoms with E-state index in [1.807, 2.05) is 12.1 Å². The van der Waals surface area contributed by atoms with Gasteiger partial charge in [0.1, 0.15) is 11.5 Å². The predicted molar refractivity (Wildman–Crippen MR) is 117 cm³/mol. The van der Waals surface area contributed by atoms with Gasteiger partial charge in [-0.3, -0.25) is 0 Å². The Bertz CT molecular complexity index is 741. The van der Waals surface area contributed by atoms with Gasteiger partial charge in [0.15, 0.2) is 0 Å². The Kier molecular flexibility index (Phi) is 6.37. The highest BCUT2D eigenvalue weighted by atomic mass is 16.3. The zero-order valence-electron chi connectivity index (χ0n) is 18.0. The minimum atomic E-state index is -0.0237. The summed E-state index contributed by atoms with van der Waals surface area (Å²) in [6, 6.07) is 12.5. The molecule has 0 radical (unpaired) electrons. The van der Waals surface area contributed by atoms with Crippen LogP contribution < -0.4 is 0 Å². The molecule has 2 atom stereocenters. The molecule has 0 saturated heterocycles. The van der Waals surface area contributed by atoms with E-state index < -0.39 is 0 Å².